The number of carbonyl (C=O) groups is 2. The van der Waals surface area contributed by atoms with Crippen molar-refractivity contribution in [3.05, 3.63) is 0 Å². The number of thioether (sulfide) groups is 1. The second kappa shape index (κ2) is 5.23. The number of carboxylic acid groups (broad SMARTS) is 2. The van der Waals surface area contributed by atoms with Gasteiger partial charge in [-0.1, -0.05) is 11.6 Å². The molecular formula is C5H8ClNO4S. The molecule has 0 aromatic carbocycles. The molecule has 0 aliphatic heterocycles. The van der Waals surface area contributed by atoms with Crippen LogP contribution in [0.5, 0.6) is 0 Å². The van der Waals surface area contributed by atoms with E-state index in [1.54, 1.807) is 0 Å². The smallest absolute Gasteiger partial charge is 0.331 e. The number of halogens is 1. The number of hydrogen-bond acceptors (Lipinski definition) is 4. The van der Waals surface area contributed by atoms with Gasteiger partial charge in [-0.2, -0.15) is 0 Å². The molecule has 0 spiro atoms. The quantitative estimate of drug-likeness (QED) is 0.546. The van der Waals surface area contributed by atoms with Gasteiger partial charge in [0.1, 0.15) is 6.04 Å². The van der Waals surface area contributed by atoms with E-state index in [1.165, 1.54) is 0 Å². The van der Waals surface area contributed by atoms with Crippen molar-refractivity contribution in [1.29, 1.82) is 0 Å². The number of hydrogen-bond donors (Lipinski definition) is 3. The van der Waals surface area contributed by atoms with Crippen LogP contribution in [-0.2, 0) is 9.59 Å². The minimum Gasteiger partial charge on any atom is -0.480 e. The second-order valence-electron chi connectivity index (χ2n) is 1.93. The molecule has 0 bridgehead atoms. The maximum Gasteiger partial charge on any atom is 0.331 e. The molecule has 0 aromatic rings. The van der Waals surface area contributed by atoms with Crippen LogP contribution in [0.3, 0.4) is 0 Å². The zero-order chi connectivity index (χ0) is 9.72. The van der Waals surface area contributed by atoms with E-state index in [0.717, 1.165) is 11.8 Å². The number of nitrogens with two attached hydrogens (primary N) is 1. The highest BCUT2D eigenvalue weighted by Gasteiger charge is 2.18. The Kier molecular flexibility index (Phi) is 5.03. The largest absolute Gasteiger partial charge is 0.480 e. The Hall–Kier alpha value is -0.460. The molecule has 0 saturated heterocycles. The van der Waals surface area contributed by atoms with Crippen LogP contribution in [0.25, 0.3) is 0 Å². The SMILES string of the molecule is N[C@@H](CSC(Cl)C(=O)O)C(=O)O. The minimum absolute atomic E-state index is 0.0181. The fourth-order valence-corrected chi connectivity index (χ4v) is 1.21. The molecular weight excluding hydrogens is 206 g/mol. The van der Waals surface area contributed by atoms with Crippen LogP contribution in [0, 0.1) is 0 Å². The van der Waals surface area contributed by atoms with Crippen molar-refractivity contribution in [2.75, 3.05) is 5.75 Å². The third-order valence-corrected chi connectivity index (χ3v) is 2.54. The summed E-state index contributed by atoms with van der Waals surface area (Å²) in [7, 11) is 0. The lowest BCUT2D eigenvalue weighted by atomic mass is 10.4. The van der Waals surface area contributed by atoms with E-state index in [1.807, 2.05) is 0 Å². The average molecular weight is 214 g/mol. The van der Waals surface area contributed by atoms with E-state index in [2.05, 4.69) is 0 Å². The summed E-state index contributed by atoms with van der Waals surface area (Å²) in [6.45, 7) is 0. The van der Waals surface area contributed by atoms with E-state index in [4.69, 9.17) is 27.5 Å². The first-order valence-electron chi connectivity index (χ1n) is 2.92. The Bertz CT molecular complexity index is 168. The van der Waals surface area contributed by atoms with Gasteiger partial charge in [0.05, 0.1) is 0 Å². The van der Waals surface area contributed by atoms with Gasteiger partial charge in [-0.15, -0.1) is 11.8 Å². The van der Waals surface area contributed by atoms with E-state index < -0.39 is 22.7 Å². The van der Waals surface area contributed by atoms with Gasteiger partial charge in [0.15, 0.2) is 4.71 Å². The predicted octanol–water partition coefficient (Wildman–Crippen LogP) is -0.219. The summed E-state index contributed by atoms with van der Waals surface area (Å²) in [5.74, 6) is -2.38. The monoisotopic (exact) mass is 213 g/mol. The fraction of sp³-hybridized carbons (Fsp3) is 0.600. The number of alkyl halides is 1. The van der Waals surface area contributed by atoms with Crippen LogP contribution in [0.15, 0.2) is 0 Å². The molecule has 0 fully saturated rings. The van der Waals surface area contributed by atoms with Crippen molar-refractivity contribution in [3.8, 4) is 0 Å². The van der Waals surface area contributed by atoms with E-state index in [0.29, 0.717) is 0 Å². The van der Waals surface area contributed by atoms with Crippen molar-refractivity contribution < 1.29 is 19.8 Å². The van der Waals surface area contributed by atoms with Gasteiger partial charge in [-0.05, 0) is 0 Å². The zero-order valence-corrected chi connectivity index (χ0v) is 7.51. The van der Waals surface area contributed by atoms with Crippen LogP contribution < -0.4 is 5.73 Å². The third kappa shape index (κ3) is 4.42. The van der Waals surface area contributed by atoms with E-state index in [9.17, 15) is 9.59 Å². The van der Waals surface area contributed by atoms with Gasteiger partial charge >= 0.3 is 11.9 Å². The summed E-state index contributed by atoms with van der Waals surface area (Å²) in [5, 5.41) is 16.6. The fourth-order valence-electron chi connectivity index (χ4n) is 0.331. The first kappa shape index (κ1) is 11.5. The summed E-state index contributed by atoms with van der Waals surface area (Å²) in [6.07, 6.45) is 0. The Balaban J connectivity index is 3.68. The molecule has 5 nitrogen and oxygen atoms in total. The normalized spacial score (nSPS) is 15.2. The molecule has 7 heteroatoms. The summed E-state index contributed by atoms with van der Waals surface area (Å²) in [6, 6.07) is -1.07. The second-order valence-corrected chi connectivity index (χ2v) is 3.77. The minimum atomic E-state index is -1.20. The summed E-state index contributed by atoms with van der Waals surface area (Å²) in [5.41, 5.74) is 5.09. The standard InChI is InChI=1S/C5H8ClNO4S/c6-3(5(10)11)12-1-2(7)4(8)9/h2-3H,1,7H2,(H,8,9)(H,10,11)/t2-,3?/m0/s1. The van der Waals surface area contributed by atoms with Crippen LogP contribution in [0.4, 0.5) is 0 Å². The molecule has 1 unspecified atom stereocenters. The maximum absolute atomic E-state index is 10.2. The number of rotatable bonds is 5. The molecule has 0 heterocycles. The first-order valence-corrected chi connectivity index (χ1v) is 4.40. The van der Waals surface area contributed by atoms with Gasteiger partial charge in [-0.3, -0.25) is 4.79 Å². The molecule has 0 aliphatic rings. The van der Waals surface area contributed by atoms with E-state index in [-0.39, 0.29) is 5.75 Å². The number of carboxylic acids is 2. The Morgan fingerprint density at radius 1 is 1.42 bits per heavy atom. The Morgan fingerprint density at radius 3 is 2.25 bits per heavy atom. The van der Waals surface area contributed by atoms with Gasteiger partial charge in [0.25, 0.3) is 0 Å². The number of aliphatic carboxylic acids is 2. The Morgan fingerprint density at radius 2 is 1.92 bits per heavy atom. The Labute approximate surface area is 77.9 Å². The van der Waals surface area contributed by atoms with Crippen LogP contribution in [0.2, 0.25) is 0 Å². The van der Waals surface area contributed by atoms with Crippen molar-refractivity contribution in [1.82, 2.24) is 0 Å². The highest BCUT2D eigenvalue weighted by molar-refractivity contribution is 8.01. The third-order valence-electron chi connectivity index (χ3n) is 0.933. The highest BCUT2D eigenvalue weighted by Crippen LogP contribution is 2.15. The molecule has 0 aliphatic carbocycles. The molecule has 0 saturated carbocycles. The average Bonchev–Trinajstić information content (AvgIpc) is 1.98. The predicted molar refractivity (Wildman–Crippen MR) is 45.3 cm³/mol. The maximum atomic E-state index is 10.2. The van der Waals surface area contributed by atoms with Gasteiger partial charge < -0.3 is 15.9 Å². The van der Waals surface area contributed by atoms with Gasteiger partial charge in [-0.25, -0.2) is 4.79 Å². The topological polar surface area (TPSA) is 101 Å². The van der Waals surface area contributed by atoms with Crippen LogP contribution in [0.1, 0.15) is 0 Å². The molecule has 12 heavy (non-hydrogen) atoms. The lowest BCUT2D eigenvalue weighted by molar-refractivity contribution is -0.138. The molecule has 70 valence electrons. The molecule has 0 aromatic heterocycles. The molecule has 0 rings (SSSR count). The molecule has 0 radical (unpaired) electrons. The molecule has 2 atom stereocenters. The van der Waals surface area contributed by atoms with Crippen molar-refractivity contribution in [3.63, 3.8) is 0 Å². The summed E-state index contributed by atoms with van der Waals surface area (Å²) < 4.78 is -1.14. The van der Waals surface area contributed by atoms with E-state index >= 15 is 0 Å². The molecule has 0 amide bonds. The van der Waals surface area contributed by atoms with Gasteiger partial charge in [0.2, 0.25) is 0 Å². The van der Waals surface area contributed by atoms with Crippen LogP contribution in [-0.4, -0.2) is 38.7 Å². The summed E-state index contributed by atoms with van der Waals surface area (Å²) in [4.78, 5) is 20.3. The van der Waals surface area contributed by atoms with Crippen molar-refractivity contribution in [2.24, 2.45) is 5.73 Å². The van der Waals surface area contributed by atoms with Gasteiger partial charge in [0, 0.05) is 5.75 Å². The summed E-state index contributed by atoms with van der Waals surface area (Å²) >= 11 is 6.06. The first-order chi connectivity index (χ1) is 5.45. The highest BCUT2D eigenvalue weighted by atomic mass is 35.5. The lowest BCUT2D eigenvalue weighted by Crippen LogP contribution is -2.33. The van der Waals surface area contributed by atoms with Crippen molar-refractivity contribution in [2.45, 2.75) is 10.8 Å². The van der Waals surface area contributed by atoms with Crippen molar-refractivity contribution >= 4 is 35.3 Å². The molecule has 4 N–H and O–H groups in total. The van der Waals surface area contributed by atoms with Crippen LogP contribution >= 0.6 is 23.4 Å². The zero-order valence-electron chi connectivity index (χ0n) is 5.94. The lowest BCUT2D eigenvalue weighted by Gasteiger charge is -2.06.